The van der Waals surface area contributed by atoms with Crippen LogP contribution in [0.15, 0.2) is 23.7 Å². The van der Waals surface area contributed by atoms with Crippen LogP contribution in [-0.2, 0) is 11.3 Å². The average molecular weight is 372 g/mol. The van der Waals surface area contributed by atoms with Gasteiger partial charge in [0, 0.05) is 31.1 Å². The summed E-state index contributed by atoms with van der Waals surface area (Å²) in [5.74, 6) is 0.544. The van der Waals surface area contributed by atoms with Crippen molar-refractivity contribution in [2.75, 3.05) is 13.1 Å². The van der Waals surface area contributed by atoms with Gasteiger partial charge in [-0.15, -0.1) is 11.3 Å². The number of thiazole rings is 1. The van der Waals surface area contributed by atoms with Gasteiger partial charge in [0.1, 0.15) is 5.69 Å². The zero-order chi connectivity index (χ0) is 18.4. The van der Waals surface area contributed by atoms with Gasteiger partial charge in [0.25, 0.3) is 5.91 Å². The lowest BCUT2D eigenvalue weighted by molar-refractivity contribution is -0.131. The van der Waals surface area contributed by atoms with Gasteiger partial charge >= 0.3 is 0 Å². The van der Waals surface area contributed by atoms with Crippen molar-refractivity contribution in [2.45, 2.75) is 45.8 Å². The van der Waals surface area contributed by atoms with Crippen molar-refractivity contribution in [3.05, 3.63) is 40.1 Å². The van der Waals surface area contributed by atoms with Crippen molar-refractivity contribution >= 4 is 23.2 Å². The van der Waals surface area contributed by atoms with Crippen LogP contribution in [0, 0.1) is 12.8 Å². The monoisotopic (exact) mass is 372 g/mol. The highest BCUT2D eigenvalue weighted by Gasteiger charge is 2.46. The van der Waals surface area contributed by atoms with Crippen LogP contribution in [-0.4, -0.2) is 50.3 Å². The van der Waals surface area contributed by atoms with Gasteiger partial charge in [-0.05, 0) is 25.0 Å². The third-order valence-electron chi connectivity index (χ3n) is 5.21. The largest absolute Gasteiger partial charge is 0.338 e. The molecule has 1 fully saturated rings. The fraction of sp³-hybridized carbons (Fsp3) is 0.526. The molecule has 7 heteroatoms. The molecule has 2 aromatic rings. The molecule has 26 heavy (non-hydrogen) atoms. The summed E-state index contributed by atoms with van der Waals surface area (Å²) in [7, 11) is 0. The highest BCUT2D eigenvalue weighted by Crippen LogP contribution is 2.35. The number of hydrogen-bond donors (Lipinski definition) is 0. The molecule has 0 N–H and O–H groups in total. The Morgan fingerprint density at radius 3 is 2.81 bits per heavy atom. The Labute approximate surface area is 157 Å². The van der Waals surface area contributed by atoms with Crippen molar-refractivity contribution in [3.63, 3.8) is 0 Å². The first-order chi connectivity index (χ1) is 12.4. The molecule has 4 rings (SSSR count). The van der Waals surface area contributed by atoms with E-state index in [4.69, 9.17) is 0 Å². The van der Waals surface area contributed by atoms with Crippen molar-refractivity contribution in [3.8, 4) is 0 Å². The second kappa shape index (κ2) is 6.54. The Morgan fingerprint density at radius 1 is 1.35 bits per heavy atom. The molecule has 0 aliphatic carbocycles. The van der Waals surface area contributed by atoms with Crippen LogP contribution in [0.25, 0.3) is 0 Å². The van der Waals surface area contributed by atoms with Crippen LogP contribution in [0.2, 0.25) is 0 Å². The van der Waals surface area contributed by atoms with Crippen molar-refractivity contribution in [1.82, 2.24) is 19.4 Å². The van der Waals surface area contributed by atoms with Gasteiger partial charge < -0.3 is 14.4 Å². The summed E-state index contributed by atoms with van der Waals surface area (Å²) in [5, 5.41) is 3.02. The van der Waals surface area contributed by atoms with E-state index in [1.165, 1.54) is 0 Å². The molecule has 0 aromatic carbocycles. The molecule has 0 bridgehead atoms. The lowest BCUT2D eigenvalue weighted by Gasteiger charge is -2.37. The predicted molar refractivity (Wildman–Crippen MR) is 100 cm³/mol. The van der Waals surface area contributed by atoms with E-state index in [1.54, 1.807) is 11.3 Å². The Bertz CT molecular complexity index is 840. The molecule has 4 heterocycles. The van der Waals surface area contributed by atoms with Gasteiger partial charge in [0.15, 0.2) is 0 Å². The molecule has 2 atom stereocenters. The number of aromatic nitrogens is 2. The molecule has 2 amide bonds. The lowest BCUT2D eigenvalue weighted by atomic mass is 10.1. The third-order valence-corrected chi connectivity index (χ3v) is 6.03. The summed E-state index contributed by atoms with van der Waals surface area (Å²) >= 11 is 1.60. The summed E-state index contributed by atoms with van der Waals surface area (Å²) in [6.07, 6.45) is 2.52. The Kier molecular flexibility index (Phi) is 4.34. The van der Waals surface area contributed by atoms with Crippen molar-refractivity contribution < 1.29 is 9.59 Å². The fourth-order valence-electron chi connectivity index (χ4n) is 4.04. The highest BCUT2D eigenvalue weighted by molar-refractivity contribution is 7.09. The summed E-state index contributed by atoms with van der Waals surface area (Å²) in [6.45, 7) is 7.86. The minimum absolute atomic E-state index is 0.000480. The van der Waals surface area contributed by atoms with Gasteiger partial charge in [-0.1, -0.05) is 13.8 Å². The van der Waals surface area contributed by atoms with E-state index in [2.05, 4.69) is 23.4 Å². The molecule has 0 unspecified atom stereocenters. The normalized spacial score (nSPS) is 22.1. The molecule has 2 aliphatic rings. The maximum Gasteiger partial charge on any atom is 0.271 e. The SMILES string of the molecule is Cc1nc(CN2C(=O)c3cccn3[C@H]3CN(C(=O)CC(C)C)C[C@@H]32)cs1. The number of fused-ring (bicyclic) bond motifs is 3. The van der Waals surface area contributed by atoms with Gasteiger partial charge in [-0.25, -0.2) is 4.98 Å². The average Bonchev–Trinajstić information content (AvgIpc) is 3.29. The van der Waals surface area contributed by atoms with Gasteiger partial charge in [0.2, 0.25) is 5.91 Å². The van der Waals surface area contributed by atoms with E-state index in [0.717, 1.165) is 10.7 Å². The quantitative estimate of drug-likeness (QED) is 0.829. The minimum atomic E-state index is 0.000480. The molecule has 6 nitrogen and oxygen atoms in total. The number of nitrogens with zero attached hydrogens (tertiary/aromatic N) is 4. The van der Waals surface area contributed by atoms with Crippen LogP contribution in [0.5, 0.6) is 0 Å². The Balaban J connectivity index is 1.63. The Morgan fingerprint density at radius 2 is 2.12 bits per heavy atom. The highest BCUT2D eigenvalue weighted by atomic mass is 32.1. The molecule has 0 radical (unpaired) electrons. The van der Waals surface area contributed by atoms with Crippen molar-refractivity contribution in [2.24, 2.45) is 5.92 Å². The molecule has 138 valence electrons. The number of aryl methyl sites for hydroxylation is 1. The number of likely N-dealkylation sites (tertiary alicyclic amines) is 1. The number of rotatable bonds is 4. The van der Waals surface area contributed by atoms with Gasteiger partial charge in [-0.3, -0.25) is 9.59 Å². The zero-order valence-corrected chi connectivity index (χ0v) is 16.2. The van der Waals surface area contributed by atoms with E-state index < -0.39 is 0 Å². The first-order valence-corrected chi connectivity index (χ1v) is 9.98. The minimum Gasteiger partial charge on any atom is -0.338 e. The first-order valence-electron chi connectivity index (χ1n) is 9.10. The van der Waals surface area contributed by atoms with Crippen LogP contribution in [0.4, 0.5) is 0 Å². The van der Waals surface area contributed by atoms with Crippen LogP contribution < -0.4 is 0 Å². The van der Waals surface area contributed by atoms with E-state index in [1.807, 2.05) is 40.4 Å². The molecular weight excluding hydrogens is 348 g/mol. The molecule has 0 saturated carbocycles. The van der Waals surface area contributed by atoms with Crippen LogP contribution >= 0.6 is 11.3 Å². The predicted octanol–water partition coefficient (Wildman–Crippen LogP) is 2.71. The maximum absolute atomic E-state index is 13.1. The number of hydrogen-bond acceptors (Lipinski definition) is 4. The second-order valence-electron chi connectivity index (χ2n) is 7.62. The topological polar surface area (TPSA) is 58.4 Å². The van der Waals surface area contributed by atoms with E-state index >= 15 is 0 Å². The number of carbonyl (C=O) groups excluding carboxylic acids is 2. The van der Waals surface area contributed by atoms with Gasteiger partial charge in [0.05, 0.1) is 29.3 Å². The molecule has 2 aliphatic heterocycles. The van der Waals surface area contributed by atoms with Crippen molar-refractivity contribution in [1.29, 1.82) is 0 Å². The van der Waals surface area contributed by atoms with Crippen LogP contribution in [0.1, 0.15) is 47.5 Å². The molecule has 1 saturated heterocycles. The molecule has 2 aromatic heterocycles. The molecule has 0 spiro atoms. The Hall–Kier alpha value is -2.15. The van der Waals surface area contributed by atoms with E-state index in [0.29, 0.717) is 37.7 Å². The lowest BCUT2D eigenvalue weighted by Crippen LogP contribution is -2.50. The van der Waals surface area contributed by atoms with Crippen LogP contribution in [0.3, 0.4) is 0 Å². The number of amides is 2. The third kappa shape index (κ3) is 2.94. The zero-order valence-electron chi connectivity index (χ0n) is 15.4. The summed E-state index contributed by atoms with van der Waals surface area (Å²) in [4.78, 5) is 34.0. The standard InChI is InChI=1S/C19H24N4O2S/c1-12(2)7-18(24)21-9-16-17(10-21)23(8-14-11-26-13(3)20-14)19(25)15-5-4-6-22(15)16/h4-6,11-12,16-17H,7-10H2,1-3H3/t16-,17-/m0/s1. The summed E-state index contributed by atoms with van der Waals surface area (Å²) < 4.78 is 2.05. The second-order valence-corrected chi connectivity index (χ2v) is 8.69. The number of carbonyl (C=O) groups is 2. The van der Waals surface area contributed by atoms with E-state index in [9.17, 15) is 9.59 Å². The fourth-order valence-corrected chi connectivity index (χ4v) is 4.64. The smallest absolute Gasteiger partial charge is 0.271 e. The summed E-state index contributed by atoms with van der Waals surface area (Å²) in [5.41, 5.74) is 1.63. The van der Waals surface area contributed by atoms with E-state index in [-0.39, 0.29) is 23.9 Å². The maximum atomic E-state index is 13.1. The van der Waals surface area contributed by atoms with Gasteiger partial charge in [-0.2, -0.15) is 0 Å². The first kappa shape index (κ1) is 17.3. The molecular formula is C19H24N4O2S. The summed E-state index contributed by atoms with van der Waals surface area (Å²) in [6, 6.07) is 3.91.